The van der Waals surface area contributed by atoms with Crippen LogP contribution in [-0.2, 0) is 4.79 Å². The molecule has 1 atom stereocenters. The maximum absolute atomic E-state index is 9.38. The molecule has 0 aliphatic rings. The first-order chi connectivity index (χ1) is 3.27. The molecule has 0 bridgehead atoms. The van der Waals surface area contributed by atoms with Crippen molar-refractivity contribution >= 4 is 6.29 Å². The second kappa shape index (κ2) is 9.16. The van der Waals surface area contributed by atoms with Crippen LogP contribution in [0.4, 0.5) is 0 Å². The van der Waals surface area contributed by atoms with Crippen LogP contribution in [0.5, 0.6) is 0 Å². The minimum Gasteiger partial charge on any atom is -0.322 e. The van der Waals surface area contributed by atoms with Crippen LogP contribution < -0.4 is 5.73 Å². The highest BCUT2D eigenvalue weighted by Gasteiger charge is 1.79. The van der Waals surface area contributed by atoms with E-state index in [2.05, 4.69) is 0 Å². The smallest absolute Gasteiger partial charge is 0.136 e. The van der Waals surface area contributed by atoms with Crippen LogP contribution in [0.1, 0.15) is 20.8 Å². The minimum atomic E-state index is -0.296. The first-order valence-electron chi connectivity index (χ1n) is 2.48. The van der Waals surface area contributed by atoms with Crippen LogP contribution in [0.2, 0.25) is 0 Å². The van der Waals surface area contributed by atoms with Crippen molar-refractivity contribution in [1.82, 2.24) is 0 Å². The number of rotatable bonds is 1. The molecule has 0 aliphatic heterocycles. The summed E-state index contributed by atoms with van der Waals surface area (Å²) in [5.41, 5.74) is 4.92. The van der Waals surface area contributed by atoms with E-state index in [9.17, 15) is 4.79 Å². The molecule has 0 heterocycles. The Balaban J connectivity index is 0. The molecule has 0 saturated heterocycles. The fourth-order valence-electron chi connectivity index (χ4n) is 0. The van der Waals surface area contributed by atoms with Gasteiger partial charge in [-0.25, -0.2) is 0 Å². The quantitative estimate of drug-likeness (QED) is 0.493. The number of hydrogen-bond acceptors (Lipinski definition) is 2. The molecule has 2 nitrogen and oxygen atoms in total. The van der Waals surface area contributed by atoms with E-state index in [0.29, 0.717) is 6.29 Å². The highest BCUT2D eigenvalue weighted by atomic mass is 16.1. The second-order valence-corrected chi connectivity index (χ2v) is 0.995. The Morgan fingerprint density at radius 2 is 1.71 bits per heavy atom. The van der Waals surface area contributed by atoms with E-state index in [1.807, 2.05) is 13.8 Å². The summed E-state index contributed by atoms with van der Waals surface area (Å²) < 4.78 is 0. The number of hydrogen-bond donors (Lipinski definition) is 1. The monoisotopic (exact) mass is 103 g/mol. The lowest BCUT2D eigenvalue weighted by Gasteiger charge is -1.80. The van der Waals surface area contributed by atoms with Gasteiger partial charge in [0.2, 0.25) is 0 Å². The maximum atomic E-state index is 9.38. The third kappa shape index (κ3) is 27.9. The summed E-state index contributed by atoms with van der Waals surface area (Å²) >= 11 is 0. The van der Waals surface area contributed by atoms with Crippen LogP contribution in [0.3, 0.4) is 0 Å². The maximum Gasteiger partial charge on any atom is 0.136 e. The predicted molar refractivity (Wildman–Crippen MR) is 31.1 cm³/mol. The number of carbonyl (C=O) groups is 1. The van der Waals surface area contributed by atoms with Crippen LogP contribution in [0, 0.1) is 0 Å². The third-order valence-electron chi connectivity index (χ3n) is 0.215. The van der Waals surface area contributed by atoms with Gasteiger partial charge < -0.3 is 10.5 Å². The van der Waals surface area contributed by atoms with Gasteiger partial charge in [0.25, 0.3) is 0 Å². The SMILES string of the molecule is CC.C[C@@H](N)C=O. The van der Waals surface area contributed by atoms with Crippen molar-refractivity contribution < 1.29 is 4.79 Å². The number of nitrogens with two attached hydrogens (primary N) is 1. The molecule has 2 heteroatoms. The fraction of sp³-hybridized carbons (Fsp3) is 0.800. The van der Waals surface area contributed by atoms with Gasteiger partial charge in [0, 0.05) is 0 Å². The van der Waals surface area contributed by atoms with Gasteiger partial charge in [-0.3, -0.25) is 0 Å². The summed E-state index contributed by atoms with van der Waals surface area (Å²) in [6, 6.07) is -0.296. The normalized spacial score (nSPS) is 10.9. The van der Waals surface area contributed by atoms with Gasteiger partial charge in [-0.15, -0.1) is 0 Å². The summed E-state index contributed by atoms with van der Waals surface area (Å²) in [6.45, 7) is 5.63. The molecule has 0 unspecified atom stereocenters. The van der Waals surface area contributed by atoms with Gasteiger partial charge in [0.05, 0.1) is 6.04 Å². The Kier molecular flexibility index (Phi) is 12.8. The lowest BCUT2D eigenvalue weighted by atomic mass is 10.4. The Bertz CT molecular complexity index is 35.1. The van der Waals surface area contributed by atoms with E-state index in [1.165, 1.54) is 0 Å². The Hall–Kier alpha value is -0.370. The van der Waals surface area contributed by atoms with Gasteiger partial charge >= 0.3 is 0 Å². The summed E-state index contributed by atoms with van der Waals surface area (Å²) in [7, 11) is 0. The van der Waals surface area contributed by atoms with Crippen LogP contribution >= 0.6 is 0 Å². The molecular formula is C5H13NO. The van der Waals surface area contributed by atoms with Gasteiger partial charge in [-0.2, -0.15) is 0 Å². The van der Waals surface area contributed by atoms with Crippen LogP contribution in [0.25, 0.3) is 0 Å². The average Bonchev–Trinajstić information content (AvgIpc) is 1.73. The molecule has 0 saturated carbocycles. The van der Waals surface area contributed by atoms with E-state index in [1.54, 1.807) is 6.92 Å². The zero-order valence-corrected chi connectivity index (χ0v) is 5.14. The van der Waals surface area contributed by atoms with E-state index in [0.717, 1.165) is 0 Å². The highest BCUT2D eigenvalue weighted by Crippen LogP contribution is 1.55. The van der Waals surface area contributed by atoms with Crippen molar-refractivity contribution in [2.75, 3.05) is 0 Å². The molecular weight excluding hydrogens is 90.1 g/mol. The second-order valence-electron chi connectivity index (χ2n) is 0.995. The lowest BCUT2D eigenvalue weighted by molar-refractivity contribution is -0.108. The summed E-state index contributed by atoms with van der Waals surface area (Å²) in [5, 5.41) is 0. The molecule has 7 heavy (non-hydrogen) atoms. The summed E-state index contributed by atoms with van der Waals surface area (Å²) in [6.07, 6.45) is 0.694. The van der Waals surface area contributed by atoms with Crippen molar-refractivity contribution in [3.63, 3.8) is 0 Å². The topological polar surface area (TPSA) is 43.1 Å². The molecule has 0 aromatic carbocycles. The van der Waals surface area contributed by atoms with Crippen LogP contribution in [0.15, 0.2) is 0 Å². The lowest BCUT2D eigenvalue weighted by Crippen LogP contribution is -2.15. The van der Waals surface area contributed by atoms with Crippen molar-refractivity contribution in [3.8, 4) is 0 Å². The molecule has 0 amide bonds. The average molecular weight is 103 g/mol. The predicted octanol–water partition coefficient (Wildman–Crippen LogP) is 0.559. The Morgan fingerprint density at radius 1 is 1.57 bits per heavy atom. The fourth-order valence-corrected chi connectivity index (χ4v) is 0. The largest absolute Gasteiger partial charge is 0.322 e. The van der Waals surface area contributed by atoms with Gasteiger partial charge in [-0.1, -0.05) is 13.8 Å². The molecule has 2 N–H and O–H groups in total. The Morgan fingerprint density at radius 3 is 1.71 bits per heavy atom. The summed E-state index contributed by atoms with van der Waals surface area (Å²) in [5.74, 6) is 0. The zero-order chi connectivity index (χ0) is 6.28. The van der Waals surface area contributed by atoms with Gasteiger partial charge in [0.1, 0.15) is 6.29 Å². The van der Waals surface area contributed by atoms with Gasteiger partial charge in [-0.05, 0) is 6.92 Å². The van der Waals surface area contributed by atoms with E-state index < -0.39 is 0 Å². The van der Waals surface area contributed by atoms with Crippen molar-refractivity contribution in [3.05, 3.63) is 0 Å². The molecule has 0 aromatic rings. The minimum absolute atomic E-state index is 0.296. The molecule has 0 rings (SSSR count). The summed E-state index contributed by atoms with van der Waals surface area (Å²) in [4.78, 5) is 9.38. The molecule has 44 valence electrons. The standard InChI is InChI=1S/C3H7NO.C2H6/c1-3(4)2-5;1-2/h2-3H,4H2,1H3;1-2H3/t3-;/m1./s1. The van der Waals surface area contributed by atoms with Crippen molar-refractivity contribution in [2.24, 2.45) is 5.73 Å². The Labute approximate surface area is 44.7 Å². The third-order valence-corrected chi connectivity index (χ3v) is 0.215. The molecule has 0 aliphatic carbocycles. The zero-order valence-electron chi connectivity index (χ0n) is 5.14. The number of aldehydes is 1. The molecule has 0 aromatic heterocycles. The molecule has 0 radical (unpaired) electrons. The van der Waals surface area contributed by atoms with E-state index in [-0.39, 0.29) is 6.04 Å². The molecule has 0 spiro atoms. The van der Waals surface area contributed by atoms with E-state index in [4.69, 9.17) is 5.73 Å². The highest BCUT2D eigenvalue weighted by molar-refractivity contribution is 5.55. The van der Waals surface area contributed by atoms with E-state index >= 15 is 0 Å². The van der Waals surface area contributed by atoms with Crippen molar-refractivity contribution in [2.45, 2.75) is 26.8 Å². The molecule has 0 fully saturated rings. The van der Waals surface area contributed by atoms with Crippen molar-refractivity contribution in [1.29, 1.82) is 0 Å². The number of carbonyl (C=O) groups excluding carboxylic acids is 1. The first kappa shape index (κ1) is 9.80. The van der Waals surface area contributed by atoms with Crippen LogP contribution in [-0.4, -0.2) is 12.3 Å². The van der Waals surface area contributed by atoms with Gasteiger partial charge in [0.15, 0.2) is 0 Å². The first-order valence-corrected chi connectivity index (χ1v) is 2.48.